The average molecular weight is 439 g/mol. The Balaban J connectivity index is 1.22. The minimum atomic E-state index is -0.222. The van der Waals surface area contributed by atoms with Crippen LogP contribution in [0.5, 0.6) is 5.75 Å². The molecule has 4 heterocycles. The number of amides is 1. The second kappa shape index (κ2) is 8.62. The fourth-order valence-corrected chi connectivity index (χ4v) is 4.59. The Kier molecular flexibility index (Phi) is 5.54. The van der Waals surface area contributed by atoms with Gasteiger partial charge in [0.1, 0.15) is 18.0 Å². The number of nitrogens with zero attached hydrogens (tertiary/aromatic N) is 2. The molecule has 2 aromatic heterocycles. The molecule has 9 heteroatoms. The first-order valence-corrected chi connectivity index (χ1v) is 10.9. The summed E-state index contributed by atoms with van der Waals surface area (Å²) >= 11 is 1.63. The highest BCUT2D eigenvalue weighted by atomic mass is 32.1. The lowest BCUT2D eigenvalue weighted by Gasteiger charge is -2.18. The number of carbonyl (C=O) groups is 1. The van der Waals surface area contributed by atoms with Crippen LogP contribution in [-0.4, -0.2) is 60.5 Å². The summed E-state index contributed by atoms with van der Waals surface area (Å²) in [6.45, 7) is 0.850. The van der Waals surface area contributed by atoms with Gasteiger partial charge in [0.15, 0.2) is 0 Å². The van der Waals surface area contributed by atoms with Crippen LogP contribution in [0.2, 0.25) is 0 Å². The molecule has 2 fully saturated rings. The zero-order valence-electron chi connectivity index (χ0n) is 16.9. The maximum atomic E-state index is 12.6. The predicted molar refractivity (Wildman–Crippen MR) is 116 cm³/mol. The van der Waals surface area contributed by atoms with E-state index in [9.17, 15) is 4.79 Å². The zero-order valence-corrected chi connectivity index (χ0v) is 17.7. The Morgan fingerprint density at radius 2 is 1.87 bits per heavy atom. The molecule has 160 valence electrons. The number of rotatable bonds is 6. The topological polar surface area (TPSA) is 94.6 Å². The highest BCUT2D eigenvalue weighted by molar-refractivity contribution is 7.13. The summed E-state index contributed by atoms with van der Waals surface area (Å²) in [4.78, 5) is 22.7. The van der Waals surface area contributed by atoms with Gasteiger partial charge in [-0.25, -0.2) is 9.97 Å². The van der Waals surface area contributed by atoms with E-state index in [2.05, 4.69) is 20.6 Å². The van der Waals surface area contributed by atoms with Crippen molar-refractivity contribution in [3.8, 4) is 16.3 Å². The van der Waals surface area contributed by atoms with E-state index in [1.807, 2.05) is 23.6 Å². The number of benzene rings is 1. The van der Waals surface area contributed by atoms with Crippen LogP contribution in [0, 0.1) is 0 Å². The number of thiophene rings is 1. The molecule has 2 N–H and O–H groups in total. The van der Waals surface area contributed by atoms with Gasteiger partial charge in [-0.3, -0.25) is 4.79 Å². The molecular weight excluding hydrogens is 416 g/mol. The van der Waals surface area contributed by atoms with Crippen LogP contribution in [0.3, 0.4) is 0 Å². The molecule has 4 atom stereocenters. The van der Waals surface area contributed by atoms with E-state index >= 15 is 0 Å². The van der Waals surface area contributed by atoms with Crippen molar-refractivity contribution in [3.63, 3.8) is 0 Å². The fourth-order valence-electron chi connectivity index (χ4n) is 3.90. The SMILES string of the molecule is COc1ccc(C(=O)NC2COC3C(Nc4nccc(-c5cccs5)n4)COC23)cc1. The lowest BCUT2D eigenvalue weighted by molar-refractivity contribution is 0.0652. The van der Waals surface area contributed by atoms with Crippen LogP contribution in [-0.2, 0) is 9.47 Å². The third-order valence-corrected chi connectivity index (χ3v) is 6.36. The van der Waals surface area contributed by atoms with Gasteiger partial charge in [-0.05, 0) is 41.8 Å². The third kappa shape index (κ3) is 4.12. The molecule has 5 rings (SSSR count). The summed E-state index contributed by atoms with van der Waals surface area (Å²) in [6, 6.07) is 12.6. The van der Waals surface area contributed by atoms with Crippen LogP contribution in [0.4, 0.5) is 5.95 Å². The van der Waals surface area contributed by atoms with Gasteiger partial charge in [0, 0.05) is 11.8 Å². The second-order valence-electron chi connectivity index (χ2n) is 7.40. The standard InChI is InChI=1S/C22H22N4O4S/c1-28-14-6-4-13(5-7-14)21(27)24-16-11-29-20-17(12-30-19(16)20)26-22-23-9-8-15(25-22)18-3-2-10-31-18/h2-10,16-17,19-20H,11-12H2,1H3,(H,24,27)(H,23,25,26). The van der Waals surface area contributed by atoms with Crippen LogP contribution in [0.25, 0.3) is 10.6 Å². The van der Waals surface area contributed by atoms with Gasteiger partial charge in [-0.2, -0.15) is 0 Å². The van der Waals surface area contributed by atoms with Crippen LogP contribution >= 0.6 is 11.3 Å². The molecule has 0 bridgehead atoms. The predicted octanol–water partition coefficient (Wildman–Crippen LogP) is 2.59. The molecule has 1 aromatic carbocycles. The number of anilines is 1. The first kappa shape index (κ1) is 19.9. The molecule has 0 spiro atoms. The summed E-state index contributed by atoms with van der Waals surface area (Å²) in [6.07, 6.45) is 1.33. The molecule has 4 unspecified atom stereocenters. The van der Waals surface area contributed by atoms with Crippen molar-refractivity contribution in [1.29, 1.82) is 0 Å². The minimum Gasteiger partial charge on any atom is -0.497 e. The van der Waals surface area contributed by atoms with Gasteiger partial charge in [0.2, 0.25) is 5.95 Å². The molecule has 0 radical (unpaired) electrons. The Labute approximate surface area is 183 Å². The minimum absolute atomic E-state index is 0.0912. The van der Waals surface area contributed by atoms with Crippen molar-refractivity contribution in [2.24, 2.45) is 0 Å². The van der Waals surface area contributed by atoms with Gasteiger partial charge in [-0.15, -0.1) is 11.3 Å². The second-order valence-corrected chi connectivity index (χ2v) is 8.35. The molecule has 2 aliphatic rings. The lowest BCUT2D eigenvalue weighted by Crippen LogP contribution is -2.44. The number of hydrogen-bond acceptors (Lipinski definition) is 8. The van der Waals surface area contributed by atoms with E-state index in [1.165, 1.54) is 0 Å². The summed E-state index contributed by atoms with van der Waals surface area (Å²) in [5.41, 5.74) is 1.44. The summed E-state index contributed by atoms with van der Waals surface area (Å²) in [5.74, 6) is 1.08. The van der Waals surface area contributed by atoms with Gasteiger partial charge in [0.25, 0.3) is 5.91 Å². The summed E-state index contributed by atoms with van der Waals surface area (Å²) in [5, 5.41) is 8.39. The molecular formula is C22H22N4O4S. The van der Waals surface area contributed by atoms with Crippen molar-refractivity contribution < 1.29 is 19.0 Å². The first-order valence-electron chi connectivity index (χ1n) is 10.0. The fraction of sp³-hybridized carbons (Fsp3) is 0.318. The van der Waals surface area contributed by atoms with Crippen molar-refractivity contribution >= 4 is 23.2 Å². The number of aromatic nitrogens is 2. The number of nitrogens with one attached hydrogen (secondary N) is 2. The molecule has 0 saturated carbocycles. The zero-order chi connectivity index (χ0) is 21.2. The van der Waals surface area contributed by atoms with E-state index in [-0.39, 0.29) is 30.2 Å². The van der Waals surface area contributed by atoms with E-state index in [1.54, 1.807) is 48.9 Å². The van der Waals surface area contributed by atoms with Crippen molar-refractivity contribution in [1.82, 2.24) is 15.3 Å². The quantitative estimate of drug-likeness (QED) is 0.611. The van der Waals surface area contributed by atoms with Crippen molar-refractivity contribution in [2.75, 3.05) is 25.6 Å². The molecule has 8 nitrogen and oxygen atoms in total. The Morgan fingerprint density at radius 1 is 1.10 bits per heavy atom. The van der Waals surface area contributed by atoms with Crippen molar-refractivity contribution in [2.45, 2.75) is 24.3 Å². The number of hydrogen-bond donors (Lipinski definition) is 2. The van der Waals surface area contributed by atoms with Gasteiger partial charge >= 0.3 is 0 Å². The maximum Gasteiger partial charge on any atom is 0.251 e. The molecule has 0 aliphatic carbocycles. The van der Waals surface area contributed by atoms with E-state index in [0.717, 1.165) is 10.6 Å². The summed E-state index contributed by atoms with van der Waals surface area (Å²) in [7, 11) is 1.59. The Morgan fingerprint density at radius 3 is 2.61 bits per heavy atom. The van der Waals surface area contributed by atoms with Crippen LogP contribution < -0.4 is 15.4 Å². The molecule has 1 amide bonds. The smallest absolute Gasteiger partial charge is 0.251 e. The molecule has 2 aliphatic heterocycles. The largest absolute Gasteiger partial charge is 0.497 e. The van der Waals surface area contributed by atoms with Gasteiger partial charge < -0.3 is 24.8 Å². The van der Waals surface area contributed by atoms with Crippen molar-refractivity contribution in [3.05, 3.63) is 59.6 Å². The van der Waals surface area contributed by atoms with Gasteiger partial charge in [-0.1, -0.05) is 6.07 Å². The monoisotopic (exact) mass is 438 g/mol. The van der Waals surface area contributed by atoms with E-state index in [0.29, 0.717) is 30.5 Å². The van der Waals surface area contributed by atoms with E-state index < -0.39 is 0 Å². The highest BCUT2D eigenvalue weighted by Gasteiger charge is 2.48. The van der Waals surface area contributed by atoms with Crippen LogP contribution in [0.15, 0.2) is 54.0 Å². The summed E-state index contributed by atoms with van der Waals surface area (Å²) < 4.78 is 17.1. The number of fused-ring (bicyclic) bond motifs is 1. The molecule has 31 heavy (non-hydrogen) atoms. The maximum absolute atomic E-state index is 12.6. The van der Waals surface area contributed by atoms with Gasteiger partial charge in [0.05, 0.1) is 43.0 Å². The normalized spacial score (nSPS) is 24.5. The number of carbonyl (C=O) groups excluding carboxylic acids is 1. The number of ether oxygens (including phenoxy) is 3. The average Bonchev–Trinajstić information content (AvgIpc) is 3.55. The highest BCUT2D eigenvalue weighted by Crippen LogP contribution is 2.29. The van der Waals surface area contributed by atoms with Crippen LogP contribution in [0.1, 0.15) is 10.4 Å². The lowest BCUT2D eigenvalue weighted by atomic mass is 10.1. The first-order chi connectivity index (χ1) is 15.2. The Hall–Kier alpha value is -3.01. The Bertz CT molecular complexity index is 1040. The molecule has 2 saturated heterocycles. The van der Waals surface area contributed by atoms with E-state index in [4.69, 9.17) is 14.2 Å². The third-order valence-electron chi connectivity index (χ3n) is 5.47. The number of methoxy groups -OCH3 is 1. The molecule has 3 aromatic rings.